The van der Waals surface area contributed by atoms with Crippen LogP contribution in [0, 0.1) is 0 Å². The van der Waals surface area contributed by atoms with Crippen molar-refractivity contribution in [2.45, 2.75) is 13.0 Å². The second kappa shape index (κ2) is 7.09. The number of amides is 1. The van der Waals surface area contributed by atoms with Crippen molar-refractivity contribution in [1.29, 1.82) is 0 Å². The van der Waals surface area contributed by atoms with E-state index in [1.807, 2.05) is 48.5 Å². The molecule has 0 saturated carbocycles. The highest BCUT2D eigenvalue weighted by molar-refractivity contribution is 5.84. The molecule has 2 rings (SSSR count). The van der Waals surface area contributed by atoms with E-state index in [-0.39, 0.29) is 5.91 Å². The molecule has 1 N–H and O–H groups in total. The van der Waals surface area contributed by atoms with Crippen LogP contribution in [0.15, 0.2) is 65.8 Å². The van der Waals surface area contributed by atoms with Crippen LogP contribution in [0.4, 0.5) is 0 Å². The maximum atomic E-state index is 11.8. The van der Waals surface area contributed by atoms with Crippen LogP contribution >= 0.6 is 0 Å². The molecule has 0 aliphatic heterocycles. The summed E-state index contributed by atoms with van der Waals surface area (Å²) in [4.78, 5) is 11.8. The minimum absolute atomic E-state index is 0.291. The third-order valence-electron chi connectivity index (χ3n) is 2.61. The quantitative estimate of drug-likeness (QED) is 0.669. The van der Waals surface area contributed by atoms with Crippen molar-refractivity contribution in [3.05, 3.63) is 66.2 Å². The summed E-state index contributed by atoms with van der Waals surface area (Å²) in [5.74, 6) is 0.364. The zero-order valence-electron chi connectivity index (χ0n) is 11.2. The Morgan fingerprint density at radius 3 is 2.35 bits per heavy atom. The van der Waals surface area contributed by atoms with Crippen LogP contribution in [-0.4, -0.2) is 18.2 Å². The van der Waals surface area contributed by atoms with Gasteiger partial charge in [0, 0.05) is 0 Å². The zero-order valence-corrected chi connectivity index (χ0v) is 11.2. The third kappa shape index (κ3) is 4.24. The molecule has 2 aromatic rings. The second-order valence-electron chi connectivity index (χ2n) is 4.22. The van der Waals surface area contributed by atoms with E-state index >= 15 is 0 Å². The largest absolute Gasteiger partial charge is 0.481 e. The number of carbonyl (C=O) groups excluding carboxylic acids is 1. The van der Waals surface area contributed by atoms with Crippen molar-refractivity contribution in [3.63, 3.8) is 0 Å². The highest BCUT2D eigenvalue weighted by Gasteiger charge is 2.13. The maximum absolute atomic E-state index is 11.8. The van der Waals surface area contributed by atoms with E-state index in [0.717, 1.165) is 5.56 Å². The molecule has 0 fully saturated rings. The van der Waals surface area contributed by atoms with E-state index in [4.69, 9.17) is 4.74 Å². The van der Waals surface area contributed by atoms with E-state index in [0.29, 0.717) is 5.75 Å². The molecule has 0 spiro atoms. The van der Waals surface area contributed by atoms with Gasteiger partial charge in [0.05, 0.1) is 6.21 Å². The van der Waals surface area contributed by atoms with E-state index in [1.165, 1.54) is 0 Å². The highest BCUT2D eigenvalue weighted by atomic mass is 16.5. The van der Waals surface area contributed by atoms with Crippen LogP contribution in [0.2, 0.25) is 0 Å². The molecule has 0 saturated heterocycles. The summed E-state index contributed by atoms with van der Waals surface area (Å²) >= 11 is 0. The predicted molar refractivity (Wildman–Crippen MR) is 78.7 cm³/mol. The molecule has 0 radical (unpaired) electrons. The molecule has 0 aliphatic rings. The Balaban J connectivity index is 1.84. The molecule has 0 unspecified atom stereocenters. The molecule has 2 aromatic carbocycles. The summed E-state index contributed by atoms with van der Waals surface area (Å²) in [5.41, 5.74) is 3.38. The number of para-hydroxylation sites is 1. The van der Waals surface area contributed by atoms with Crippen LogP contribution in [0.1, 0.15) is 12.5 Å². The van der Waals surface area contributed by atoms with Crippen molar-refractivity contribution in [2.75, 3.05) is 0 Å². The molecule has 0 heterocycles. The Morgan fingerprint density at radius 2 is 1.70 bits per heavy atom. The fourth-order valence-electron chi connectivity index (χ4n) is 1.56. The van der Waals surface area contributed by atoms with Crippen LogP contribution in [-0.2, 0) is 4.79 Å². The SMILES string of the molecule is C[C@@H](Oc1ccccc1)C(=O)N/N=C/c1ccccc1. The Bertz CT molecular complexity index is 568. The van der Waals surface area contributed by atoms with Crippen LogP contribution in [0.5, 0.6) is 5.75 Å². The molecule has 0 bridgehead atoms. The van der Waals surface area contributed by atoms with E-state index in [9.17, 15) is 4.79 Å². The average molecular weight is 268 g/mol. The molecular formula is C16H16N2O2. The smallest absolute Gasteiger partial charge is 0.280 e. The molecule has 4 heteroatoms. The normalized spacial score (nSPS) is 12.1. The van der Waals surface area contributed by atoms with Crippen molar-refractivity contribution in [3.8, 4) is 5.75 Å². The van der Waals surface area contributed by atoms with Crippen molar-refractivity contribution in [2.24, 2.45) is 5.10 Å². The third-order valence-corrected chi connectivity index (χ3v) is 2.61. The summed E-state index contributed by atoms with van der Waals surface area (Å²) < 4.78 is 5.49. The predicted octanol–water partition coefficient (Wildman–Crippen LogP) is 2.60. The van der Waals surface area contributed by atoms with E-state index < -0.39 is 6.10 Å². The van der Waals surface area contributed by atoms with Gasteiger partial charge < -0.3 is 4.74 Å². The molecule has 0 aliphatic carbocycles. The number of nitrogens with zero attached hydrogens (tertiary/aromatic N) is 1. The molecule has 4 nitrogen and oxygen atoms in total. The summed E-state index contributed by atoms with van der Waals surface area (Å²) in [6.45, 7) is 1.68. The van der Waals surface area contributed by atoms with Crippen molar-refractivity contribution < 1.29 is 9.53 Å². The first-order valence-corrected chi connectivity index (χ1v) is 6.35. The van der Waals surface area contributed by atoms with Gasteiger partial charge in [0.25, 0.3) is 5.91 Å². The lowest BCUT2D eigenvalue weighted by molar-refractivity contribution is -0.127. The number of ether oxygens (including phenoxy) is 1. The molecule has 20 heavy (non-hydrogen) atoms. The number of hydrogen-bond acceptors (Lipinski definition) is 3. The number of carbonyl (C=O) groups is 1. The first-order valence-electron chi connectivity index (χ1n) is 6.35. The lowest BCUT2D eigenvalue weighted by Crippen LogP contribution is -2.33. The number of benzene rings is 2. The van der Waals surface area contributed by atoms with Gasteiger partial charge >= 0.3 is 0 Å². The van der Waals surface area contributed by atoms with Crippen molar-refractivity contribution in [1.82, 2.24) is 5.43 Å². The van der Waals surface area contributed by atoms with Gasteiger partial charge in [-0.2, -0.15) is 5.10 Å². The average Bonchev–Trinajstić information content (AvgIpc) is 2.49. The van der Waals surface area contributed by atoms with Gasteiger partial charge in [-0.25, -0.2) is 5.43 Å². The molecule has 0 aromatic heterocycles. The lowest BCUT2D eigenvalue weighted by Gasteiger charge is -2.12. The summed E-state index contributed by atoms with van der Waals surface area (Å²) in [6.07, 6.45) is 0.984. The van der Waals surface area contributed by atoms with Gasteiger partial charge in [-0.3, -0.25) is 4.79 Å². The second-order valence-corrected chi connectivity index (χ2v) is 4.22. The van der Waals surface area contributed by atoms with E-state index in [2.05, 4.69) is 10.5 Å². The van der Waals surface area contributed by atoms with Gasteiger partial charge in [0.2, 0.25) is 0 Å². The van der Waals surface area contributed by atoms with Crippen molar-refractivity contribution >= 4 is 12.1 Å². The number of nitrogens with one attached hydrogen (secondary N) is 1. The molecular weight excluding hydrogens is 252 g/mol. The number of hydrazone groups is 1. The van der Waals surface area contributed by atoms with Gasteiger partial charge in [-0.05, 0) is 24.6 Å². The number of hydrogen-bond donors (Lipinski definition) is 1. The van der Waals surface area contributed by atoms with Gasteiger partial charge in [0.15, 0.2) is 6.10 Å². The maximum Gasteiger partial charge on any atom is 0.280 e. The van der Waals surface area contributed by atoms with Crippen LogP contribution in [0.3, 0.4) is 0 Å². The van der Waals surface area contributed by atoms with Crippen LogP contribution in [0.25, 0.3) is 0 Å². The standard InChI is InChI=1S/C16H16N2O2/c1-13(20-15-10-6-3-7-11-15)16(19)18-17-12-14-8-4-2-5-9-14/h2-13H,1H3,(H,18,19)/b17-12+/t13-/m1/s1. The monoisotopic (exact) mass is 268 g/mol. The van der Waals surface area contributed by atoms with Gasteiger partial charge in [-0.1, -0.05) is 48.5 Å². The molecule has 1 atom stereocenters. The Morgan fingerprint density at radius 1 is 1.10 bits per heavy atom. The highest BCUT2D eigenvalue weighted by Crippen LogP contribution is 2.10. The Kier molecular flexibility index (Phi) is 4.89. The van der Waals surface area contributed by atoms with Gasteiger partial charge in [-0.15, -0.1) is 0 Å². The van der Waals surface area contributed by atoms with E-state index in [1.54, 1.807) is 25.3 Å². The summed E-state index contributed by atoms with van der Waals surface area (Å²) in [6, 6.07) is 18.7. The summed E-state index contributed by atoms with van der Waals surface area (Å²) in [7, 11) is 0. The molecule has 102 valence electrons. The first kappa shape index (κ1) is 13.8. The fraction of sp³-hybridized carbons (Fsp3) is 0.125. The zero-order chi connectivity index (χ0) is 14.2. The minimum atomic E-state index is -0.606. The lowest BCUT2D eigenvalue weighted by atomic mass is 10.2. The topological polar surface area (TPSA) is 50.7 Å². The van der Waals surface area contributed by atoms with Gasteiger partial charge in [0.1, 0.15) is 5.75 Å². The fourth-order valence-corrected chi connectivity index (χ4v) is 1.56. The first-order chi connectivity index (χ1) is 9.75. The van der Waals surface area contributed by atoms with Crippen LogP contribution < -0.4 is 10.2 Å². The Labute approximate surface area is 118 Å². The number of rotatable bonds is 5. The summed E-state index contributed by atoms with van der Waals surface area (Å²) in [5, 5.41) is 3.90. The minimum Gasteiger partial charge on any atom is -0.481 e. The molecule has 1 amide bonds. The Hall–Kier alpha value is -2.62.